The van der Waals surface area contributed by atoms with Crippen LogP contribution in [0.25, 0.3) is 0 Å². The minimum Gasteiger partial charge on any atom is -0.484 e. The lowest BCUT2D eigenvalue weighted by Crippen LogP contribution is -2.15. The van der Waals surface area contributed by atoms with Crippen LogP contribution in [-0.2, 0) is 17.9 Å². The van der Waals surface area contributed by atoms with Gasteiger partial charge in [-0.15, -0.1) is 10.2 Å². The van der Waals surface area contributed by atoms with E-state index in [1.807, 2.05) is 67.8 Å². The zero-order chi connectivity index (χ0) is 20.8. The van der Waals surface area contributed by atoms with Gasteiger partial charge in [-0.25, -0.2) is 0 Å². The van der Waals surface area contributed by atoms with Crippen LogP contribution < -0.4 is 10.1 Å². The van der Waals surface area contributed by atoms with Crippen LogP contribution in [0.1, 0.15) is 23.9 Å². The highest BCUT2D eigenvalue weighted by Gasteiger charge is 2.15. The number of aromatic nitrogens is 3. The van der Waals surface area contributed by atoms with Crippen molar-refractivity contribution in [1.82, 2.24) is 14.8 Å². The van der Waals surface area contributed by atoms with Crippen molar-refractivity contribution in [2.45, 2.75) is 39.1 Å². The van der Waals surface area contributed by atoms with Crippen molar-refractivity contribution in [3.63, 3.8) is 0 Å². The lowest BCUT2D eigenvalue weighted by Gasteiger charge is -2.11. The van der Waals surface area contributed by atoms with Crippen molar-refractivity contribution < 1.29 is 9.53 Å². The molecule has 0 radical (unpaired) electrons. The molecule has 0 saturated heterocycles. The predicted molar refractivity (Wildman–Crippen MR) is 117 cm³/mol. The second-order valence-electron chi connectivity index (χ2n) is 6.52. The van der Waals surface area contributed by atoms with Gasteiger partial charge in [0.15, 0.2) is 11.0 Å². The van der Waals surface area contributed by atoms with Crippen LogP contribution in [0.3, 0.4) is 0 Å². The zero-order valence-electron chi connectivity index (χ0n) is 16.6. The third-order valence-corrected chi connectivity index (χ3v) is 5.58. The lowest BCUT2D eigenvalue weighted by atomic mass is 10.2. The topological polar surface area (TPSA) is 69.0 Å². The van der Waals surface area contributed by atoms with Gasteiger partial charge in [0.25, 0.3) is 0 Å². The molecule has 2 aromatic carbocycles. The van der Waals surface area contributed by atoms with Gasteiger partial charge in [-0.05, 0) is 50.1 Å². The van der Waals surface area contributed by atoms with Crippen molar-refractivity contribution in [2.24, 2.45) is 0 Å². The first kappa shape index (κ1) is 21.2. The second kappa shape index (κ2) is 9.80. The van der Waals surface area contributed by atoms with Gasteiger partial charge in [0, 0.05) is 12.2 Å². The molecule has 8 heteroatoms. The Kier molecular flexibility index (Phi) is 7.17. The summed E-state index contributed by atoms with van der Waals surface area (Å²) < 4.78 is 7.77. The smallest absolute Gasteiger partial charge is 0.234 e. The molecule has 1 heterocycles. The molecular formula is C21H23ClN4O2S. The Morgan fingerprint density at radius 1 is 1.21 bits per heavy atom. The number of hydrogen-bond acceptors (Lipinski definition) is 5. The van der Waals surface area contributed by atoms with Gasteiger partial charge in [-0.2, -0.15) is 0 Å². The van der Waals surface area contributed by atoms with E-state index in [1.165, 1.54) is 11.8 Å². The lowest BCUT2D eigenvalue weighted by molar-refractivity contribution is -0.113. The molecule has 152 valence electrons. The average molecular weight is 431 g/mol. The van der Waals surface area contributed by atoms with Crippen LogP contribution in [0.4, 0.5) is 5.69 Å². The van der Waals surface area contributed by atoms with Crippen LogP contribution in [-0.4, -0.2) is 26.4 Å². The third kappa shape index (κ3) is 5.52. The number of amides is 1. The Balaban J connectivity index is 1.61. The molecule has 0 spiro atoms. The van der Waals surface area contributed by atoms with E-state index in [0.29, 0.717) is 28.3 Å². The highest BCUT2D eigenvalue weighted by molar-refractivity contribution is 7.99. The van der Waals surface area contributed by atoms with Gasteiger partial charge in [0.2, 0.25) is 5.91 Å². The Morgan fingerprint density at radius 3 is 2.76 bits per heavy atom. The van der Waals surface area contributed by atoms with Crippen LogP contribution in [0.2, 0.25) is 5.02 Å². The molecule has 0 atom stereocenters. The standard InChI is InChI=1S/C21H23ClN4O2S/c1-4-26-19(12-28-18-11-14(2)9-10-16(18)22)24-25-21(26)29-13-20(27)23-17-8-6-5-7-15(17)3/h5-11H,4,12-13H2,1-3H3,(H,23,27). The normalized spacial score (nSPS) is 10.8. The van der Waals surface area contributed by atoms with E-state index in [4.69, 9.17) is 16.3 Å². The van der Waals surface area contributed by atoms with Gasteiger partial charge < -0.3 is 14.6 Å². The zero-order valence-corrected chi connectivity index (χ0v) is 18.2. The summed E-state index contributed by atoms with van der Waals surface area (Å²) >= 11 is 7.54. The number of benzene rings is 2. The number of ether oxygens (including phenoxy) is 1. The maximum atomic E-state index is 12.3. The van der Waals surface area contributed by atoms with Crippen molar-refractivity contribution in [2.75, 3.05) is 11.1 Å². The van der Waals surface area contributed by atoms with Crippen molar-refractivity contribution in [3.05, 3.63) is 64.4 Å². The van der Waals surface area contributed by atoms with E-state index in [2.05, 4.69) is 15.5 Å². The molecule has 1 aromatic heterocycles. The molecule has 0 unspecified atom stereocenters. The minimum absolute atomic E-state index is 0.0840. The molecule has 0 aliphatic carbocycles. The number of thioether (sulfide) groups is 1. The number of halogens is 1. The number of rotatable bonds is 8. The summed E-state index contributed by atoms with van der Waals surface area (Å²) in [5.74, 6) is 1.46. The first-order chi connectivity index (χ1) is 14.0. The fourth-order valence-corrected chi connectivity index (χ4v) is 3.74. The Labute approximate surface area is 179 Å². The summed E-state index contributed by atoms with van der Waals surface area (Å²) in [6.07, 6.45) is 0. The molecule has 0 aliphatic heterocycles. The molecule has 1 N–H and O–H groups in total. The Hall–Kier alpha value is -2.51. The molecule has 1 amide bonds. The number of nitrogens with zero attached hydrogens (tertiary/aromatic N) is 3. The van der Waals surface area contributed by atoms with Crippen LogP contribution in [0.5, 0.6) is 5.75 Å². The molecular weight excluding hydrogens is 408 g/mol. The maximum absolute atomic E-state index is 12.3. The van der Waals surface area contributed by atoms with Gasteiger partial charge in [-0.1, -0.05) is 47.6 Å². The molecule has 3 rings (SSSR count). The third-order valence-electron chi connectivity index (χ3n) is 4.30. The molecule has 0 aliphatic rings. The summed E-state index contributed by atoms with van der Waals surface area (Å²) in [7, 11) is 0. The Morgan fingerprint density at radius 2 is 2.00 bits per heavy atom. The van der Waals surface area contributed by atoms with E-state index in [1.54, 1.807) is 0 Å². The van der Waals surface area contributed by atoms with Gasteiger partial charge in [0.1, 0.15) is 12.4 Å². The Bertz CT molecular complexity index is 1010. The summed E-state index contributed by atoms with van der Waals surface area (Å²) in [5, 5.41) is 12.6. The van der Waals surface area contributed by atoms with E-state index >= 15 is 0 Å². The second-order valence-corrected chi connectivity index (χ2v) is 7.87. The number of carbonyl (C=O) groups is 1. The molecule has 0 saturated carbocycles. The number of carbonyl (C=O) groups excluding carboxylic acids is 1. The maximum Gasteiger partial charge on any atom is 0.234 e. The highest BCUT2D eigenvalue weighted by Crippen LogP contribution is 2.26. The van der Waals surface area contributed by atoms with E-state index in [-0.39, 0.29) is 18.3 Å². The quantitative estimate of drug-likeness (QED) is 0.516. The number of anilines is 1. The summed E-state index contributed by atoms with van der Waals surface area (Å²) in [6, 6.07) is 13.3. The summed E-state index contributed by atoms with van der Waals surface area (Å²) in [5.41, 5.74) is 2.91. The number of para-hydroxylation sites is 1. The molecule has 0 fully saturated rings. The van der Waals surface area contributed by atoms with Crippen molar-refractivity contribution in [1.29, 1.82) is 0 Å². The number of aryl methyl sites for hydroxylation is 2. The first-order valence-corrected chi connectivity index (χ1v) is 10.6. The number of nitrogens with one attached hydrogen (secondary N) is 1. The van der Waals surface area contributed by atoms with Gasteiger partial charge in [-0.3, -0.25) is 4.79 Å². The van der Waals surface area contributed by atoms with Gasteiger partial charge >= 0.3 is 0 Å². The molecule has 3 aromatic rings. The van der Waals surface area contributed by atoms with Crippen molar-refractivity contribution >= 4 is 35.0 Å². The minimum atomic E-state index is -0.0840. The number of hydrogen-bond donors (Lipinski definition) is 1. The fourth-order valence-electron chi connectivity index (χ4n) is 2.74. The molecule has 0 bridgehead atoms. The van der Waals surface area contributed by atoms with Crippen LogP contribution in [0.15, 0.2) is 47.6 Å². The summed E-state index contributed by atoms with van der Waals surface area (Å²) in [6.45, 7) is 6.87. The van der Waals surface area contributed by atoms with E-state index < -0.39 is 0 Å². The SMILES string of the molecule is CCn1c(COc2cc(C)ccc2Cl)nnc1SCC(=O)Nc1ccccc1C. The molecule has 29 heavy (non-hydrogen) atoms. The van der Waals surface area contributed by atoms with Crippen LogP contribution in [0, 0.1) is 13.8 Å². The van der Waals surface area contributed by atoms with E-state index in [9.17, 15) is 4.79 Å². The molecule has 6 nitrogen and oxygen atoms in total. The summed E-state index contributed by atoms with van der Waals surface area (Å²) in [4.78, 5) is 12.3. The first-order valence-electron chi connectivity index (χ1n) is 9.27. The predicted octanol–water partition coefficient (Wildman–Crippen LogP) is 4.88. The fraction of sp³-hybridized carbons (Fsp3) is 0.286. The monoisotopic (exact) mass is 430 g/mol. The van der Waals surface area contributed by atoms with Crippen molar-refractivity contribution in [3.8, 4) is 5.75 Å². The largest absolute Gasteiger partial charge is 0.484 e. The average Bonchev–Trinajstić information content (AvgIpc) is 3.10. The highest BCUT2D eigenvalue weighted by atomic mass is 35.5. The van der Waals surface area contributed by atoms with Crippen LogP contribution >= 0.6 is 23.4 Å². The van der Waals surface area contributed by atoms with Gasteiger partial charge in [0.05, 0.1) is 10.8 Å². The van der Waals surface area contributed by atoms with E-state index in [0.717, 1.165) is 16.8 Å².